The van der Waals surface area contributed by atoms with E-state index < -0.39 is 0 Å². The third-order valence-corrected chi connectivity index (χ3v) is 4.71. The molecule has 0 amide bonds. The summed E-state index contributed by atoms with van der Waals surface area (Å²) in [4.78, 5) is 0. The van der Waals surface area contributed by atoms with Crippen LogP contribution in [0.15, 0.2) is 22.0 Å². The van der Waals surface area contributed by atoms with Gasteiger partial charge in [-0.05, 0) is 27.6 Å². The Hall–Kier alpha value is 0.1000. The largest absolute Gasteiger partial charge is 0.392 e. The van der Waals surface area contributed by atoms with Crippen molar-refractivity contribution < 1.29 is 5.11 Å². The molecule has 1 aromatic carbocycles. The average Bonchev–Trinajstić information content (AvgIpc) is 2.52. The van der Waals surface area contributed by atoms with Crippen molar-refractivity contribution in [3.8, 4) is 0 Å². The Morgan fingerprint density at radius 3 is 2.79 bits per heavy atom. The van der Waals surface area contributed by atoms with Crippen molar-refractivity contribution in [1.82, 2.24) is 0 Å². The molecule has 0 atom stereocenters. The van der Waals surface area contributed by atoms with E-state index in [1.54, 1.807) is 11.3 Å². The predicted octanol–water partition coefficient (Wildman–Crippen LogP) is 4.05. The molecule has 0 bridgehead atoms. The van der Waals surface area contributed by atoms with Crippen molar-refractivity contribution in [2.75, 3.05) is 0 Å². The van der Waals surface area contributed by atoms with Gasteiger partial charge in [0.15, 0.2) is 0 Å². The number of halogens is 2. The van der Waals surface area contributed by atoms with Crippen LogP contribution in [0.25, 0.3) is 10.1 Å². The molecule has 74 valence electrons. The third-order valence-electron chi connectivity index (χ3n) is 2.15. The summed E-state index contributed by atoms with van der Waals surface area (Å²) in [7, 11) is 0. The van der Waals surface area contributed by atoms with Gasteiger partial charge >= 0.3 is 0 Å². The van der Waals surface area contributed by atoms with Crippen LogP contribution in [0.4, 0.5) is 0 Å². The number of hydrogen-bond donors (Lipinski definition) is 1. The zero-order valence-corrected chi connectivity index (χ0v) is 11.2. The summed E-state index contributed by atoms with van der Waals surface area (Å²) in [5, 5.41) is 11.3. The highest BCUT2D eigenvalue weighted by molar-refractivity contribution is 9.11. The minimum Gasteiger partial charge on any atom is -0.392 e. The Balaban J connectivity index is 2.82. The maximum atomic E-state index is 9.29. The Labute approximate surface area is 103 Å². The zero-order valence-electron chi connectivity index (χ0n) is 7.26. The van der Waals surface area contributed by atoms with Crippen molar-refractivity contribution in [3.05, 3.63) is 33.1 Å². The van der Waals surface area contributed by atoms with Gasteiger partial charge < -0.3 is 5.11 Å². The standard InChI is InChI=1S/C10H8Br2OS/c11-4-6-2-1-3-8-9(6)7(5-13)10(12)14-8/h1-3,13H,4-5H2. The lowest BCUT2D eigenvalue weighted by Gasteiger charge is -2.00. The van der Waals surface area contributed by atoms with Crippen LogP contribution < -0.4 is 0 Å². The monoisotopic (exact) mass is 334 g/mol. The molecule has 2 rings (SSSR count). The highest BCUT2D eigenvalue weighted by Gasteiger charge is 2.11. The van der Waals surface area contributed by atoms with Gasteiger partial charge in [0.1, 0.15) is 0 Å². The molecule has 0 saturated carbocycles. The first-order chi connectivity index (χ1) is 6.77. The molecule has 1 heterocycles. The lowest BCUT2D eigenvalue weighted by Crippen LogP contribution is -1.85. The van der Waals surface area contributed by atoms with Crippen molar-refractivity contribution in [2.24, 2.45) is 0 Å². The molecule has 4 heteroatoms. The minimum absolute atomic E-state index is 0.0879. The summed E-state index contributed by atoms with van der Waals surface area (Å²) in [6.07, 6.45) is 0. The van der Waals surface area contributed by atoms with Crippen LogP contribution in [-0.2, 0) is 11.9 Å². The van der Waals surface area contributed by atoms with Crippen LogP contribution in [0, 0.1) is 0 Å². The molecule has 0 aliphatic heterocycles. The van der Waals surface area contributed by atoms with Gasteiger partial charge in [-0.2, -0.15) is 0 Å². The van der Waals surface area contributed by atoms with Gasteiger partial charge in [0.2, 0.25) is 0 Å². The molecule has 0 fully saturated rings. The molecule has 1 aromatic heterocycles. The summed E-state index contributed by atoms with van der Waals surface area (Å²) in [5.74, 6) is 0. The van der Waals surface area contributed by atoms with E-state index in [9.17, 15) is 5.11 Å². The van der Waals surface area contributed by atoms with E-state index in [-0.39, 0.29) is 6.61 Å². The molecule has 2 aromatic rings. The van der Waals surface area contributed by atoms with Gasteiger partial charge in [-0.1, -0.05) is 28.1 Å². The average molecular weight is 336 g/mol. The Morgan fingerprint density at radius 2 is 2.14 bits per heavy atom. The normalized spacial score (nSPS) is 11.1. The van der Waals surface area contributed by atoms with Gasteiger partial charge in [0, 0.05) is 21.0 Å². The van der Waals surface area contributed by atoms with Crippen LogP contribution in [0.1, 0.15) is 11.1 Å². The van der Waals surface area contributed by atoms with Gasteiger partial charge in [0.05, 0.1) is 10.4 Å². The number of alkyl halides is 1. The van der Waals surface area contributed by atoms with Crippen molar-refractivity contribution >= 4 is 53.3 Å². The second-order valence-electron chi connectivity index (χ2n) is 2.94. The van der Waals surface area contributed by atoms with Gasteiger partial charge in [-0.3, -0.25) is 0 Å². The molecule has 0 radical (unpaired) electrons. The maximum absolute atomic E-state index is 9.29. The Kier molecular flexibility index (Phi) is 3.27. The van der Waals surface area contributed by atoms with Gasteiger partial charge in [-0.15, -0.1) is 11.3 Å². The lowest BCUT2D eigenvalue weighted by atomic mass is 10.1. The molecule has 14 heavy (non-hydrogen) atoms. The van der Waals surface area contributed by atoms with E-state index in [1.165, 1.54) is 15.6 Å². The molecule has 1 nitrogen and oxygen atoms in total. The summed E-state index contributed by atoms with van der Waals surface area (Å²) in [6, 6.07) is 6.20. The van der Waals surface area contributed by atoms with Crippen molar-refractivity contribution in [2.45, 2.75) is 11.9 Å². The second kappa shape index (κ2) is 4.31. The summed E-state index contributed by atoms with van der Waals surface area (Å²) < 4.78 is 2.25. The Bertz CT molecular complexity index is 464. The zero-order chi connectivity index (χ0) is 10.1. The molecule has 0 aliphatic rings. The predicted molar refractivity (Wildman–Crippen MR) is 68.1 cm³/mol. The van der Waals surface area contributed by atoms with Crippen LogP contribution >= 0.6 is 43.2 Å². The summed E-state index contributed by atoms with van der Waals surface area (Å²) in [6.45, 7) is 0.0879. The topological polar surface area (TPSA) is 20.2 Å². The van der Waals surface area contributed by atoms with E-state index in [1.807, 2.05) is 6.07 Å². The molecule has 0 unspecified atom stereocenters. The molecule has 0 aliphatic carbocycles. The fraction of sp³-hybridized carbons (Fsp3) is 0.200. The second-order valence-corrected chi connectivity index (χ2v) is 5.87. The van der Waals surface area contributed by atoms with Crippen LogP contribution in [0.3, 0.4) is 0 Å². The highest BCUT2D eigenvalue weighted by Crippen LogP contribution is 2.37. The van der Waals surface area contributed by atoms with E-state index >= 15 is 0 Å². The fourth-order valence-corrected chi connectivity index (χ4v) is 3.81. The molecular weight excluding hydrogens is 328 g/mol. The number of aliphatic hydroxyl groups excluding tert-OH is 1. The smallest absolute Gasteiger partial charge is 0.0766 e. The maximum Gasteiger partial charge on any atom is 0.0766 e. The first-order valence-corrected chi connectivity index (χ1v) is 6.86. The van der Waals surface area contributed by atoms with E-state index in [4.69, 9.17) is 0 Å². The molecule has 1 N–H and O–H groups in total. The quantitative estimate of drug-likeness (QED) is 0.821. The SMILES string of the molecule is OCc1c(Br)sc2cccc(CBr)c12. The summed E-state index contributed by atoms with van der Waals surface area (Å²) in [5.41, 5.74) is 2.23. The van der Waals surface area contributed by atoms with Crippen LogP contribution in [0.2, 0.25) is 0 Å². The first-order valence-electron chi connectivity index (χ1n) is 4.13. The number of thiophene rings is 1. The molecule has 0 spiro atoms. The first kappa shape index (κ1) is 10.6. The number of fused-ring (bicyclic) bond motifs is 1. The van der Waals surface area contributed by atoms with E-state index in [0.29, 0.717) is 0 Å². The van der Waals surface area contributed by atoms with Crippen LogP contribution in [0.5, 0.6) is 0 Å². The van der Waals surface area contributed by atoms with E-state index in [0.717, 1.165) is 14.7 Å². The van der Waals surface area contributed by atoms with Gasteiger partial charge in [0.25, 0.3) is 0 Å². The number of rotatable bonds is 2. The molecular formula is C10H8Br2OS. The summed E-state index contributed by atoms with van der Waals surface area (Å²) >= 11 is 8.60. The number of hydrogen-bond acceptors (Lipinski definition) is 2. The number of benzene rings is 1. The Morgan fingerprint density at radius 1 is 1.36 bits per heavy atom. The lowest BCUT2D eigenvalue weighted by molar-refractivity contribution is 0.283. The van der Waals surface area contributed by atoms with Gasteiger partial charge in [-0.25, -0.2) is 0 Å². The van der Waals surface area contributed by atoms with Crippen molar-refractivity contribution in [1.29, 1.82) is 0 Å². The third kappa shape index (κ3) is 1.65. The van der Waals surface area contributed by atoms with Crippen LogP contribution in [-0.4, -0.2) is 5.11 Å². The van der Waals surface area contributed by atoms with E-state index in [2.05, 4.69) is 44.0 Å². The minimum atomic E-state index is 0.0879. The number of aliphatic hydroxyl groups is 1. The molecule has 0 saturated heterocycles. The fourth-order valence-electron chi connectivity index (χ4n) is 1.51. The highest BCUT2D eigenvalue weighted by atomic mass is 79.9. The van der Waals surface area contributed by atoms with Crippen molar-refractivity contribution in [3.63, 3.8) is 0 Å².